The molecular weight excluding hydrogens is 408 g/mol. The van der Waals surface area contributed by atoms with Gasteiger partial charge in [-0.2, -0.15) is 0 Å². The number of nitrogens with one attached hydrogen (secondary N) is 1. The Hall–Kier alpha value is -2.21. The van der Waals surface area contributed by atoms with Crippen molar-refractivity contribution in [2.75, 3.05) is 7.11 Å². The van der Waals surface area contributed by atoms with Crippen LogP contribution >= 0.6 is 0 Å². The summed E-state index contributed by atoms with van der Waals surface area (Å²) in [6.45, 7) is 4.17. The quantitative estimate of drug-likeness (QED) is 0.245. The molecule has 0 aromatic carbocycles. The number of H-pyrrole nitrogens is 1. The van der Waals surface area contributed by atoms with Crippen molar-refractivity contribution < 1.29 is 38.7 Å². The number of halogens is 1. The predicted molar refractivity (Wildman–Crippen MR) is 97.9 cm³/mol. The van der Waals surface area contributed by atoms with Gasteiger partial charge in [0, 0.05) is 26.2 Å². The van der Waals surface area contributed by atoms with E-state index in [1.54, 1.807) is 18.7 Å². The average molecular weight is 437 g/mol. The summed E-state index contributed by atoms with van der Waals surface area (Å²) in [5, 5.41) is 0. The Bertz CT molecular complexity index is 775. The Labute approximate surface area is 172 Å². The Balaban J connectivity index is 0. The number of nitrogens with zero attached hydrogens (tertiary/aromatic N) is 5. The van der Waals surface area contributed by atoms with E-state index in [2.05, 4.69) is 46.3 Å². The van der Waals surface area contributed by atoms with E-state index < -0.39 is 10.4 Å². The van der Waals surface area contributed by atoms with Crippen LogP contribution in [0.5, 0.6) is 0 Å². The molecule has 3 aromatic rings. The first-order chi connectivity index (χ1) is 12.5. The van der Waals surface area contributed by atoms with E-state index >= 15 is 0 Å². The molecule has 0 unspecified atom stereocenters. The summed E-state index contributed by atoms with van der Waals surface area (Å²) in [4.78, 5) is 6.42. The number of aromatic nitrogens is 6. The van der Waals surface area contributed by atoms with Crippen molar-refractivity contribution >= 4 is 10.4 Å². The summed E-state index contributed by atoms with van der Waals surface area (Å²) in [5.41, 5.74) is 0. The first kappa shape index (κ1) is 28.0. The van der Waals surface area contributed by atoms with Gasteiger partial charge in [-0.05, 0) is 0 Å². The third-order valence-electron chi connectivity index (χ3n) is 3.68. The fourth-order valence-corrected chi connectivity index (χ4v) is 1.54. The van der Waals surface area contributed by atoms with Gasteiger partial charge in [0.15, 0.2) is 0 Å². The minimum Gasteiger partial charge on any atom is -1.00 e. The number of rotatable bonds is 1. The molecule has 0 radical (unpaired) electrons. The van der Waals surface area contributed by atoms with E-state index in [9.17, 15) is 13.0 Å². The van der Waals surface area contributed by atoms with Gasteiger partial charge in [-0.1, -0.05) is 0 Å². The van der Waals surface area contributed by atoms with Gasteiger partial charge in [0.25, 0.3) is 11.6 Å². The molecule has 0 aliphatic heterocycles. The minimum atomic E-state index is -4.41. The Morgan fingerprint density at radius 1 is 1.07 bits per heavy atom. The maximum atomic E-state index is 9.22. The SMILES string of the molecule is COS(=O)(=O)[O-].Cc1n(C)cc[n+]1C.Cc1n(C)cc[n+]1C.[Cl-].c1c[nH]cn1. The maximum Gasteiger partial charge on any atom is 0.252 e. The molecule has 3 heterocycles. The fourth-order valence-electron chi connectivity index (χ4n) is 1.54. The van der Waals surface area contributed by atoms with Crippen molar-refractivity contribution in [3.63, 3.8) is 0 Å². The highest BCUT2D eigenvalue weighted by Gasteiger charge is 2.01. The zero-order chi connectivity index (χ0) is 21.0. The molecule has 10 nitrogen and oxygen atoms in total. The van der Waals surface area contributed by atoms with Crippen molar-refractivity contribution in [2.45, 2.75) is 13.8 Å². The van der Waals surface area contributed by atoms with Crippen LogP contribution in [0.3, 0.4) is 0 Å². The molecule has 160 valence electrons. The molecule has 12 heteroatoms. The molecule has 0 amide bonds. The lowest BCUT2D eigenvalue weighted by Gasteiger charge is -1.98. The van der Waals surface area contributed by atoms with Crippen molar-refractivity contribution in [3.05, 3.63) is 55.2 Å². The van der Waals surface area contributed by atoms with E-state index in [-0.39, 0.29) is 12.4 Å². The van der Waals surface area contributed by atoms with Crippen LogP contribution in [0.2, 0.25) is 0 Å². The van der Waals surface area contributed by atoms with Gasteiger partial charge in [-0.3, -0.25) is 4.18 Å². The minimum absolute atomic E-state index is 0. The molecule has 0 bridgehead atoms. The average Bonchev–Trinajstić information content (AvgIpc) is 3.35. The molecule has 0 saturated heterocycles. The third kappa shape index (κ3) is 12.2. The van der Waals surface area contributed by atoms with E-state index in [1.165, 1.54) is 11.6 Å². The van der Waals surface area contributed by atoms with Crippen molar-refractivity contribution in [1.82, 2.24) is 19.1 Å². The molecule has 0 atom stereocenters. The van der Waals surface area contributed by atoms with Crippen molar-refractivity contribution in [1.29, 1.82) is 0 Å². The molecule has 0 aliphatic carbocycles. The molecule has 0 fully saturated rings. The topological polar surface area (TPSA) is 113 Å². The lowest BCUT2D eigenvalue weighted by molar-refractivity contribution is -0.677. The number of aryl methyl sites for hydroxylation is 4. The molecule has 3 aromatic heterocycles. The van der Waals surface area contributed by atoms with Gasteiger partial charge in [-0.25, -0.2) is 31.7 Å². The van der Waals surface area contributed by atoms with Crippen molar-refractivity contribution in [2.24, 2.45) is 28.2 Å². The Morgan fingerprint density at radius 2 is 1.46 bits per heavy atom. The van der Waals surface area contributed by atoms with Gasteiger partial charge in [0.2, 0.25) is 10.4 Å². The molecule has 28 heavy (non-hydrogen) atoms. The van der Waals surface area contributed by atoms with Gasteiger partial charge < -0.3 is 21.9 Å². The lowest BCUT2D eigenvalue weighted by Crippen LogP contribution is -3.00. The van der Waals surface area contributed by atoms with Gasteiger partial charge in [0.1, 0.15) is 24.8 Å². The molecular formula is C16H29ClN6O4S. The summed E-state index contributed by atoms with van der Waals surface area (Å²) in [7, 11) is 4.54. The van der Waals surface area contributed by atoms with Crippen LogP contribution in [0.25, 0.3) is 0 Å². The molecule has 0 spiro atoms. The summed E-state index contributed by atoms with van der Waals surface area (Å²) < 4.78 is 39.4. The number of hydrogen-bond acceptors (Lipinski definition) is 5. The second-order valence-corrected chi connectivity index (χ2v) is 6.62. The smallest absolute Gasteiger partial charge is 0.252 e. The van der Waals surface area contributed by atoms with E-state index in [0.29, 0.717) is 0 Å². The van der Waals surface area contributed by atoms with E-state index in [1.807, 2.05) is 53.0 Å². The van der Waals surface area contributed by atoms with E-state index in [4.69, 9.17) is 0 Å². The first-order valence-corrected chi connectivity index (χ1v) is 9.22. The normalized spacial score (nSPS) is 9.57. The summed E-state index contributed by atoms with van der Waals surface area (Å²) >= 11 is 0. The zero-order valence-corrected chi connectivity index (χ0v) is 18.8. The van der Waals surface area contributed by atoms with Crippen LogP contribution in [0.4, 0.5) is 0 Å². The highest BCUT2D eigenvalue weighted by molar-refractivity contribution is 7.80. The number of aromatic amines is 1. The standard InChI is InChI=1S/2C6H11N2.C3H4N2.CH4O4S.ClH/c2*1-6-7(2)4-5-8(6)3;1-2-5-3-4-1;1-5-6(2,3)4;/h2*4-5H,1-3H3;1-3H,(H,4,5);1H3,(H,2,3,4);1H/q2*+1;;;/p-2. The van der Waals surface area contributed by atoms with Gasteiger partial charge in [0.05, 0.1) is 41.6 Å². The van der Waals surface area contributed by atoms with Crippen LogP contribution in [0.1, 0.15) is 11.6 Å². The fraction of sp³-hybridized carbons (Fsp3) is 0.438. The number of hydrogen-bond donors (Lipinski definition) is 1. The Morgan fingerprint density at radius 3 is 1.54 bits per heavy atom. The third-order valence-corrected chi connectivity index (χ3v) is 4.09. The van der Waals surface area contributed by atoms with Crippen LogP contribution in [0.15, 0.2) is 43.5 Å². The molecule has 3 rings (SSSR count). The second-order valence-electron chi connectivity index (χ2n) is 5.47. The molecule has 0 saturated carbocycles. The van der Waals surface area contributed by atoms with Crippen LogP contribution < -0.4 is 21.5 Å². The van der Waals surface area contributed by atoms with Crippen LogP contribution in [0, 0.1) is 13.8 Å². The zero-order valence-electron chi connectivity index (χ0n) is 17.2. The predicted octanol–water partition coefficient (Wildman–Crippen LogP) is -3.18. The second kappa shape index (κ2) is 13.9. The monoisotopic (exact) mass is 436 g/mol. The Kier molecular flexibility index (Phi) is 13.9. The van der Waals surface area contributed by atoms with Crippen molar-refractivity contribution in [3.8, 4) is 0 Å². The molecule has 0 aliphatic rings. The number of imidazole rings is 3. The lowest BCUT2D eigenvalue weighted by atomic mass is 10.7. The van der Waals surface area contributed by atoms with Crippen LogP contribution in [-0.2, 0) is 42.8 Å². The first-order valence-electron chi connectivity index (χ1n) is 7.88. The maximum absolute atomic E-state index is 9.22. The van der Waals surface area contributed by atoms with Gasteiger partial charge in [-0.15, -0.1) is 0 Å². The van der Waals surface area contributed by atoms with Crippen LogP contribution in [-0.4, -0.2) is 39.2 Å². The summed E-state index contributed by atoms with van der Waals surface area (Å²) in [6.07, 6.45) is 13.2. The largest absolute Gasteiger partial charge is 1.00 e. The van der Waals surface area contributed by atoms with E-state index in [0.717, 1.165) is 7.11 Å². The summed E-state index contributed by atoms with van der Waals surface area (Å²) in [6, 6.07) is 0. The van der Waals surface area contributed by atoms with Gasteiger partial charge >= 0.3 is 0 Å². The highest BCUT2D eigenvalue weighted by atomic mass is 35.5. The highest BCUT2D eigenvalue weighted by Crippen LogP contribution is 1.85. The summed E-state index contributed by atoms with van der Waals surface area (Å²) in [5.74, 6) is 2.54. The molecule has 1 N–H and O–H groups in total.